The average molecular weight is 495 g/mol. The van der Waals surface area contributed by atoms with E-state index >= 15 is 0 Å². The van der Waals surface area contributed by atoms with Gasteiger partial charge in [0.15, 0.2) is 0 Å². The van der Waals surface area contributed by atoms with Crippen LogP contribution >= 0.6 is 0 Å². The molecule has 1 aliphatic rings. The Morgan fingerprint density at radius 3 is 2.21 bits per heavy atom. The van der Waals surface area contributed by atoms with Gasteiger partial charge in [0.1, 0.15) is 0 Å². The van der Waals surface area contributed by atoms with Crippen molar-refractivity contribution in [3.63, 3.8) is 0 Å². The van der Waals surface area contributed by atoms with Gasteiger partial charge in [-0.1, -0.05) is 84.9 Å². The second-order valence-corrected chi connectivity index (χ2v) is 10.4. The van der Waals surface area contributed by atoms with Crippen LogP contribution < -0.4 is 0 Å². The lowest BCUT2D eigenvalue weighted by Gasteiger charge is -2.12. The number of hydrogen-bond donors (Lipinski definition) is 0. The Labute approximate surface area is 225 Å². The van der Waals surface area contributed by atoms with Crippen LogP contribution in [0.1, 0.15) is 0 Å². The molecule has 1 aliphatic carbocycles. The van der Waals surface area contributed by atoms with Crippen molar-refractivity contribution in [1.82, 2.24) is 9.55 Å². The number of hydrogen-bond acceptors (Lipinski definition) is 1. The van der Waals surface area contributed by atoms with Crippen molar-refractivity contribution in [3.8, 4) is 39.1 Å². The third-order valence-corrected chi connectivity index (χ3v) is 8.36. The number of pyridine rings is 1. The Balaban J connectivity index is 1.37. The molecule has 180 valence electrons. The van der Waals surface area contributed by atoms with Crippen LogP contribution in [0.25, 0.3) is 82.5 Å². The molecule has 2 heterocycles. The van der Waals surface area contributed by atoms with Crippen LogP contribution in [-0.4, -0.2) is 9.55 Å². The van der Waals surface area contributed by atoms with Crippen molar-refractivity contribution < 1.29 is 0 Å². The van der Waals surface area contributed by atoms with E-state index < -0.39 is 0 Å². The van der Waals surface area contributed by atoms with E-state index in [1.165, 1.54) is 71.3 Å². The summed E-state index contributed by atoms with van der Waals surface area (Å²) in [7, 11) is 0. The molecule has 0 spiro atoms. The van der Waals surface area contributed by atoms with Gasteiger partial charge in [-0.15, -0.1) is 0 Å². The molecule has 9 rings (SSSR count). The Bertz CT molecular complexity index is 2270. The van der Waals surface area contributed by atoms with Crippen LogP contribution in [0.4, 0.5) is 0 Å². The number of aromatic nitrogens is 2. The quantitative estimate of drug-likeness (QED) is 0.234. The zero-order valence-corrected chi connectivity index (χ0v) is 21.1. The number of nitrogens with zero attached hydrogens (tertiary/aromatic N) is 2. The van der Waals surface area contributed by atoms with Crippen LogP contribution in [0.3, 0.4) is 0 Å². The summed E-state index contributed by atoms with van der Waals surface area (Å²) < 4.78 is 2.39. The van der Waals surface area contributed by atoms with E-state index in [-0.39, 0.29) is 0 Å². The summed E-state index contributed by atoms with van der Waals surface area (Å²) in [6.07, 6.45) is 1.87. The molecule has 0 fully saturated rings. The predicted molar refractivity (Wildman–Crippen MR) is 163 cm³/mol. The molecule has 2 aromatic heterocycles. The normalized spacial score (nSPS) is 12.1. The zero-order valence-electron chi connectivity index (χ0n) is 21.1. The third-order valence-electron chi connectivity index (χ3n) is 8.36. The Morgan fingerprint density at radius 2 is 1.31 bits per heavy atom. The molecular weight excluding hydrogens is 472 g/mol. The molecule has 6 aromatic carbocycles. The van der Waals surface area contributed by atoms with Crippen molar-refractivity contribution in [2.45, 2.75) is 0 Å². The van der Waals surface area contributed by atoms with Gasteiger partial charge in [-0.25, -0.2) is 0 Å². The highest BCUT2D eigenvalue weighted by atomic mass is 15.0. The van der Waals surface area contributed by atoms with Crippen molar-refractivity contribution in [3.05, 3.63) is 134 Å². The molecule has 0 N–H and O–H groups in total. The first kappa shape index (κ1) is 20.8. The van der Waals surface area contributed by atoms with Crippen molar-refractivity contribution in [1.29, 1.82) is 0 Å². The lowest BCUT2D eigenvalue weighted by Crippen LogP contribution is -1.94. The first-order valence-electron chi connectivity index (χ1n) is 13.4. The summed E-state index contributed by atoms with van der Waals surface area (Å²) in [5.41, 5.74) is 12.4. The fraction of sp³-hybridized carbons (Fsp3) is 0. The standard InChI is InChI=1S/C37H22N2/c1-2-10-25(11-3-1)39-34-20-17-24(22-32(34)29-18-19-33-30(37(29)39)16-7-21-38-33)26-12-6-14-28-27-13-4-8-23-9-5-15-31(35(23)27)36(26)28/h1-22H. The molecule has 39 heavy (non-hydrogen) atoms. The fourth-order valence-electron chi connectivity index (χ4n) is 6.76. The van der Waals surface area contributed by atoms with E-state index in [0.29, 0.717) is 0 Å². The van der Waals surface area contributed by atoms with Gasteiger partial charge in [-0.3, -0.25) is 4.98 Å². The molecule has 2 heteroatoms. The highest BCUT2D eigenvalue weighted by molar-refractivity contribution is 6.20. The van der Waals surface area contributed by atoms with Gasteiger partial charge in [-0.05, 0) is 86.6 Å². The molecule has 0 atom stereocenters. The first-order valence-corrected chi connectivity index (χ1v) is 13.4. The summed E-state index contributed by atoms with van der Waals surface area (Å²) in [5, 5.41) is 6.33. The maximum absolute atomic E-state index is 4.67. The summed E-state index contributed by atoms with van der Waals surface area (Å²) in [4.78, 5) is 4.67. The SMILES string of the molecule is c1ccc(-n2c3ccc(-c4cccc5c4-c4cccc6cccc-5c46)cc3c3ccc4ncccc4c32)cc1. The van der Waals surface area contributed by atoms with Gasteiger partial charge in [0.05, 0.1) is 16.6 Å². The van der Waals surface area contributed by atoms with E-state index in [2.05, 4.69) is 131 Å². The monoisotopic (exact) mass is 494 g/mol. The van der Waals surface area contributed by atoms with Gasteiger partial charge in [0, 0.05) is 28.0 Å². The third kappa shape index (κ3) is 2.78. The number of para-hydroxylation sites is 1. The molecule has 0 saturated carbocycles. The van der Waals surface area contributed by atoms with Gasteiger partial charge >= 0.3 is 0 Å². The van der Waals surface area contributed by atoms with Gasteiger partial charge in [0.25, 0.3) is 0 Å². The number of fused-ring (bicyclic) bond motifs is 8. The van der Waals surface area contributed by atoms with Crippen LogP contribution in [0, 0.1) is 0 Å². The van der Waals surface area contributed by atoms with Crippen LogP contribution in [-0.2, 0) is 0 Å². The van der Waals surface area contributed by atoms with Crippen molar-refractivity contribution >= 4 is 43.5 Å². The molecule has 2 nitrogen and oxygen atoms in total. The smallest absolute Gasteiger partial charge is 0.0723 e. The summed E-state index contributed by atoms with van der Waals surface area (Å²) >= 11 is 0. The van der Waals surface area contributed by atoms with E-state index in [1.54, 1.807) is 0 Å². The lowest BCUT2D eigenvalue weighted by molar-refractivity contribution is 1.19. The molecule has 8 aromatic rings. The molecule has 0 aliphatic heterocycles. The molecule has 0 unspecified atom stereocenters. The van der Waals surface area contributed by atoms with Crippen molar-refractivity contribution in [2.24, 2.45) is 0 Å². The Hall–Kier alpha value is -5.21. The molecule has 0 saturated heterocycles. The minimum atomic E-state index is 1.01. The maximum Gasteiger partial charge on any atom is 0.0723 e. The largest absolute Gasteiger partial charge is 0.309 e. The van der Waals surface area contributed by atoms with Crippen LogP contribution in [0.15, 0.2) is 134 Å². The topological polar surface area (TPSA) is 17.8 Å². The second-order valence-electron chi connectivity index (χ2n) is 10.4. The molecule has 0 amide bonds. The maximum atomic E-state index is 4.67. The molecule has 0 radical (unpaired) electrons. The predicted octanol–water partition coefficient (Wildman–Crippen LogP) is 9.80. The molecule has 0 bridgehead atoms. The van der Waals surface area contributed by atoms with Gasteiger partial charge in [0.2, 0.25) is 0 Å². The minimum Gasteiger partial charge on any atom is -0.309 e. The highest BCUT2D eigenvalue weighted by Gasteiger charge is 2.24. The number of rotatable bonds is 2. The Morgan fingerprint density at radius 1 is 0.513 bits per heavy atom. The van der Waals surface area contributed by atoms with E-state index in [0.717, 1.165) is 11.2 Å². The van der Waals surface area contributed by atoms with Crippen LogP contribution in [0.5, 0.6) is 0 Å². The Kier molecular flexibility index (Phi) is 4.08. The second kappa shape index (κ2) is 7.66. The van der Waals surface area contributed by atoms with E-state index in [9.17, 15) is 0 Å². The van der Waals surface area contributed by atoms with Crippen LogP contribution in [0.2, 0.25) is 0 Å². The van der Waals surface area contributed by atoms with E-state index in [4.69, 9.17) is 0 Å². The first-order chi connectivity index (χ1) is 19.4. The summed E-state index contributed by atoms with van der Waals surface area (Å²) in [6, 6.07) is 46.3. The van der Waals surface area contributed by atoms with E-state index in [1.807, 2.05) is 12.3 Å². The highest BCUT2D eigenvalue weighted by Crippen LogP contribution is 2.51. The zero-order chi connectivity index (χ0) is 25.5. The van der Waals surface area contributed by atoms with Gasteiger partial charge in [-0.2, -0.15) is 0 Å². The van der Waals surface area contributed by atoms with Crippen molar-refractivity contribution in [2.75, 3.05) is 0 Å². The van der Waals surface area contributed by atoms with Gasteiger partial charge < -0.3 is 4.57 Å². The average Bonchev–Trinajstić information content (AvgIpc) is 3.52. The lowest BCUT2D eigenvalue weighted by atomic mass is 9.92. The molecular formula is C37H22N2. The summed E-state index contributed by atoms with van der Waals surface area (Å²) in [5.74, 6) is 0. The number of benzene rings is 6. The fourth-order valence-corrected chi connectivity index (χ4v) is 6.76. The minimum absolute atomic E-state index is 1.01. The summed E-state index contributed by atoms with van der Waals surface area (Å²) in [6.45, 7) is 0.